The van der Waals surface area contributed by atoms with Crippen LogP contribution in [-0.4, -0.2) is 34.6 Å². The maximum absolute atomic E-state index is 12.8. The number of nitrogens with zero attached hydrogens (tertiary/aromatic N) is 3. The predicted molar refractivity (Wildman–Crippen MR) is 119 cm³/mol. The highest BCUT2D eigenvalue weighted by Gasteiger charge is 2.28. The third-order valence-corrected chi connectivity index (χ3v) is 7.09. The Morgan fingerprint density at radius 3 is 2.93 bits per heavy atom. The first-order chi connectivity index (χ1) is 14.2. The molecule has 0 aliphatic carbocycles. The summed E-state index contributed by atoms with van der Waals surface area (Å²) in [5.74, 6) is 0.335. The van der Waals surface area contributed by atoms with Crippen LogP contribution in [0.5, 0.6) is 0 Å². The number of amides is 1. The van der Waals surface area contributed by atoms with Crippen molar-refractivity contribution in [2.75, 3.05) is 24.2 Å². The zero-order valence-electron chi connectivity index (χ0n) is 16.0. The van der Waals surface area contributed by atoms with Crippen molar-refractivity contribution < 1.29 is 4.79 Å². The van der Waals surface area contributed by atoms with Crippen molar-refractivity contribution in [3.63, 3.8) is 0 Å². The van der Waals surface area contributed by atoms with Crippen LogP contribution in [0.2, 0.25) is 0 Å². The number of thioether (sulfide) groups is 1. The fraction of sp³-hybridized carbons (Fsp3) is 0.318. The van der Waals surface area contributed by atoms with Crippen LogP contribution in [0.15, 0.2) is 53.4 Å². The number of fused-ring (bicyclic) bond motifs is 1. The minimum Gasteiger partial charge on any atom is -0.324 e. The normalized spacial score (nSPS) is 17.1. The van der Waals surface area contributed by atoms with Crippen LogP contribution in [0.3, 0.4) is 0 Å². The van der Waals surface area contributed by atoms with E-state index < -0.39 is 0 Å². The largest absolute Gasteiger partial charge is 0.324 e. The molecule has 5 nitrogen and oxygen atoms in total. The van der Waals surface area contributed by atoms with E-state index in [-0.39, 0.29) is 11.9 Å². The Morgan fingerprint density at radius 2 is 2.07 bits per heavy atom. The van der Waals surface area contributed by atoms with Gasteiger partial charge in [0.15, 0.2) is 0 Å². The molecule has 0 saturated carbocycles. The molecule has 148 valence electrons. The molecule has 2 aromatic carbocycles. The highest BCUT2D eigenvalue weighted by molar-refractivity contribution is 7.99. The molecule has 7 heteroatoms. The van der Waals surface area contributed by atoms with Crippen molar-refractivity contribution in [2.24, 2.45) is 0 Å². The van der Waals surface area contributed by atoms with Crippen LogP contribution in [-0.2, 0) is 4.79 Å². The molecule has 4 rings (SSSR count). The molecule has 0 bridgehead atoms. The summed E-state index contributed by atoms with van der Waals surface area (Å²) in [6, 6.07) is 18.2. The number of carbonyl (C=O) groups is 1. The topological polar surface area (TPSA) is 69.0 Å². The molecular formula is C22H22N4OS2. The number of anilines is 1. The van der Waals surface area contributed by atoms with Crippen LogP contribution in [0.25, 0.3) is 10.2 Å². The first-order valence-electron chi connectivity index (χ1n) is 9.73. The molecule has 29 heavy (non-hydrogen) atoms. The maximum Gasteiger partial charge on any atom is 0.238 e. The van der Waals surface area contributed by atoms with E-state index in [1.165, 1.54) is 16.5 Å². The standard InChI is InChI=1S/C22H22N4OS2/c23-12-14-28-19-10-3-1-7-16(19)24-21(27)15-26-13-6-5-9-18(26)22-25-17-8-2-4-11-20(17)29-22/h1-4,7-8,10-11,18H,5-6,9,13-15H2,(H,24,27). The van der Waals surface area contributed by atoms with Crippen LogP contribution in [0.4, 0.5) is 5.69 Å². The van der Waals surface area contributed by atoms with Crippen molar-refractivity contribution in [3.05, 3.63) is 53.5 Å². The molecule has 1 fully saturated rings. The number of nitriles is 1. The summed E-state index contributed by atoms with van der Waals surface area (Å²) < 4.78 is 1.20. The molecular weight excluding hydrogens is 400 g/mol. The van der Waals surface area contributed by atoms with E-state index >= 15 is 0 Å². The van der Waals surface area contributed by atoms with Gasteiger partial charge in [0.2, 0.25) is 5.91 Å². The molecule has 1 saturated heterocycles. The lowest BCUT2D eigenvalue weighted by Gasteiger charge is -2.33. The molecule has 1 unspecified atom stereocenters. The van der Waals surface area contributed by atoms with Gasteiger partial charge < -0.3 is 5.32 Å². The Kier molecular flexibility index (Phi) is 6.45. The van der Waals surface area contributed by atoms with Crippen molar-refractivity contribution in [1.29, 1.82) is 5.26 Å². The average molecular weight is 423 g/mol. The molecule has 1 N–H and O–H groups in total. The van der Waals surface area contributed by atoms with Gasteiger partial charge in [-0.15, -0.1) is 23.1 Å². The van der Waals surface area contributed by atoms with Gasteiger partial charge in [-0.1, -0.05) is 30.7 Å². The fourth-order valence-electron chi connectivity index (χ4n) is 3.67. The summed E-state index contributed by atoms with van der Waals surface area (Å²) in [4.78, 5) is 20.8. The average Bonchev–Trinajstić information content (AvgIpc) is 3.17. The van der Waals surface area contributed by atoms with Crippen LogP contribution >= 0.6 is 23.1 Å². The van der Waals surface area contributed by atoms with E-state index in [9.17, 15) is 4.79 Å². The lowest BCUT2D eigenvalue weighted by Crippen LogP contribution is -2.39. The van der Waals surface area contributed by atoms with Crippen LogP contribution in [0.1, 0.15) is 30.3 Å². The van der Waals surface area contributed by atoms with Crippen LogP contribution < -0.4 is 5.32 Å². The van der Waals surface area contributed by atoms with E-state index in [1.807, 2.05) is 42.5 Å². The number of likely N-dealkylation sites (tertiary alicyclic amines) is 1. The third kappa shape index (κ3) is 4.78. The van der Waals surface area contributed by atoms with Gasteiger partial charge in [-0.3, -0.25) is 9.69 Å². The van der Waals surface area contributed by atoms with Gasteiger partial charge >= 0.3 is 0 Å². The Bertz CT molecular complexity index is 1010. The van der Waals surface area contributed by atoms with Crippen molar-refractivity contribution in [2.45, 2.75) is 30.2 Å². The summed E-state index contributed by atoms with van der Waals surface area (Å²) in [6.45, 7) is 1.25. The number of rotatable bonds is 6. The second-order valence-electron chi connectivity index (χ2n) is 6.99. The summed E-state index contributed by atoms with van der Waals surface area (Å²) in [7, 11) is 0. The van der Waals surface area contributed by atoms with E-state index in [1.54, 1.807) is 11.3 Å². The van der Waals surface area contributed by atoms with Gasteiger partial charge in [-0.05, 0) is 43.7 Å². The Balaban J connectivity index is 1.47. The zero-order valence-corrected chi connectivity index (χ0v) is 17.6. The van der Waals surface area contributed by atoms with E-state index in [4.69, 9.17) is 10.2 Å². The summed E-state index contributed by atoms with van der Waals surface area (Å²) >= 11 is 3.17. The van der Waals surface area contributed by atoms with E-state index in [0.29, 0.717) is 12.3 Å². The second-order valence-corrected chi connectivity index (χ2v) is 9.07. The lowest BCUT2D eigenvalue weighted by molar-refractivity contribution is -0.118. The second kappa shape index (κ2) is 9.40. The van der Waals surface area contributed by atoms with Gasteiger partial charge in [0.05, 0.1) is 40.3 Å². The molecule has 1 aliphatic heterocycles. The highest BCUT2D eigenvalue weighted by atomic mass is 32.2. The van der Waals surface area contributed by atoms with Gasteiger partial charge in [0.25, 0.3) is 0 Å². The summed E-state index contributed by atoms with van der Waals surface area (Å²) in [5, 5.41) is 13.0. The number of aromatic nitrogens is 1. The number of nitrogens with one attached hydrogen (secondary N) is 1. The smallest absolute Gasteiger partial charge is 0.238 e. The molecule has 2 heterocycles. The Hall–Kier alpha value is -2.40. The quantitative estimate of drug-likeness (QED) is 0.561. The first-order valence-corrected chi connectivity index (χ1v) is 11.5. The number of hydrogen-bond acceptors (Lipinski definition) is 6. The highest BCUT2D eigenvalue weighted by Crippen LogP contribution is 2.35. The number of thiazole rings is 1. The monoisotopic (exact) mass is 422 g/mol. The van der Waals surface area contributed by atoms with Crippen molar-refractivity contribution >= 4 is 44.9 Å². The molecule has 1 atom stereocenters. The lowest BCUT2D eigenvalue weighted by atomic mass is 10.0. The number of carbonyl (C=O) groups excluding carboxylic acids is 1. The van der Waals surface area contributed by atoms with Gasteiger partial charge in [-0.2, -0.15) is 5.26 Å². The molecule has 1 aromatic heterocycles. The van der Waals surface area contributed by atoms with Crippen LogP contribution in [0, 0.1) is 11.3 Å². The Labute approximate surface area is 178 Å². The number of hydrogen-bond donors (Lipinski definition) is 1. The van der Waals surface area contributed by atoms with Gasteiger partial charge in [0.1, 0.15) is 5.01 Å². The minimum absolute atomic E-state index is 0.0250. The molecule has 1 aliphatic rings. The van der Waals surface area contributed by atoms with E-state index in [2.05, 4.69) is 22.4 Å². The van der Waals surface area contributed by atoms with E-state index in [0.717, 1.165) is 46.9 Å². The summed E-state index contributed by atoms with van der Waals surface area (Å²) in [6.07, 6.45) is 3.29. The molecule has 0 spiro atoms. The van der Waals surface area contributed by atoms with Gasteiger partial charge in [0, 0.05) is 4.90 Å². The van der Waals surface area contributed by atoms with Gasteiger partial charge in [-0.25, -0.2) is 4.98 Å². The fourth-order valence-corrected chi connectivity index (χ4v) is 5.48. The number of benzene rings is 2. The van der Waals surface area contributed by atoms with Crippen molar-refractivity contribution in [3.8, 4) is 6.07 Å². The number of piperidine rings is 1. The maximum atomic E-state index is 12.8. The predicted octanol–water partition coefficient (Wildman–Crippen LogP) is 5.08. The number of para-hydroxylation sites is 2. The minimum atomic E-state index is -0.0250. The summed E-state index contributed by atoms with van der Waals surface area (Å²) in [5.41, 5.74) is 1.80. The van der Waals surface area contributed by atoms with Crippen molar-refractivity contribution in [1.82, 2.24) is 9.88 Å². The SMILES string of the molecule is N#CCSc1ccccc1NC(=O)CN1CCCCC1c1nc2ccccc2s1. The third-order valence-electron chi connectivity index (χ3n) is 5.01. The molecule has 1 amide bonds. The zero-order chi connectivity index (χ0) is 20.1. The molecule has 0 radical (unpaired) electrons. The molecule has 3 aromatic rings. The first kappa shape index (κ1) is 19.9. The Morgan fingerprint density at radius 1 is 1.24 bits per heavy atom.